The van der Waals surface area contributed by atoms with E-state index in [4.69, 9.17) is 14.2 Å². The molecule has 196 valence electrons. The number of thiazole rings is 1. The minimum atomic E-state index is -0.720. The number of esters is 2. The van der Waals surface area contributed by atoms with Crippen LogP contribution in [-0.4, -0.2) is 36.8 Å². The predicted molar refractivity (Wildman–Crippen MR) is 149 cm³/mol. The van der Waals surface area contributed by atoms with Gasteiger partial charge in [0.05, 0.1) is 47.7 Å². The van der Waals surface area contributed by atoms with E-state index in [0.29, 0.717) is 47.3 Å². The second kappa shape index (κ2) is 10.6. The summed E-state index contributed by atoms with van der Waals surface area (Å²) in [5.41, 5.74) is 3.38. The molecule has 0 fully saturated rings. The van der Waals surface area contributed by atoms with Crippen molar-refractivity contribution in [2.75, 3.05) is 20.3 Å². The highest BCUT2D eigenvalue weighted by molar-refractivity contribution is 9.11. The van der Waals surface area contributed by atoms with Crippen LogP contribution in [-0.2, 0) is 20.7 Å². The molecule has 1 unspecified atom stereocenters. The van der Waals surface area contributed by atoms with Crippen LogP contribution in [0.25, 0.3) is 6.08 Å². The van der Waals surface area contributed by atoms with E-state index in [1.807, 2.05) is 18.2 Å². The number of hydrogen-bond acceptors (Lipinski definition) is 8. The zero-order chi connectivity index (χ0) is 27.1. The first kappa shape index (κ1) is 26.6. The molecule has 2 aromatic carbocycles. The number of allylic oxidation sites excluding steroid dienone is 1. The van der Waals surface area contributed by atoms with Crippen molar-refractivity contribution >= 4 is 61.2 Å². The first-order valence-electron chi connectivity index (χ1n) is 11.8. The molecule has 5 rings (SSSR count). The number of fused-ring (bicyclic) bond motifs is 2. The number of hydrogen-bond donors (Lipinski definition) is 0. The number of aromatic nitrogens is 1. The van der Waals surface area contributed by atoms with Gasteiger partial charge in [-0.05, 0) is 86.7 Å². The second-order valence-corrected chi connectivity index (χ2v) is 11.3. The van der Waals surface area contributed by atoms with E-state index in [0.717, 1.165) is 23.3 Å². The quantitative estimate of drug-likeness (QED) is 0.383. The fourth-order valence-electron chi connectivity index (χ4n) is 4.58. The standard InChI is InChI=1S/C27H22Br2N2O6S/c1-4-36-26(34)21-13(2)30-27-31(23(21)16-6-5-15-7-8-37-19(15)12-16)24(32)20(38-27)11-14-9-17(28)22(18(29)10-14)25(33)35-3/h5-6,9-12,23H,4,7-8H2,1-3H3/b20-11-. The lowest BCUT2D eigenvalue weighted by Crippen LogP contribution is -2.39. The molecule has 2 aliphatic rings. The first-order chi connectivity index (χ1) is 18.2. The lowest BCUT2D eigenvalue weighted by atomic mass is 9.94. The number of halogens is 2. The van der Waals surface area contributed by atoms with Crippen molar-refractivity contribution in [1.29, 1.82) is 0 Å². The van der Waals surface area contributed by atoms with Gasteiger partial charge >= 0.3 is 11.9 Å². The molecule has 0 bridgehead atoms. The van der Waals surface area contributed by atoms with Gasteiger partial charge in [0.25, 0.3) is 5.56 Å². The van der Waals surface area contributed by atoms with Crippen molar-refractivity contribution in [2.24, 2.45) is 4.99 Å². The molecule has 2 aliphatic heterocycles. The number of carbonyl (C=O) groups is 2. The third kappa shape index (κ3) is 4.67. The van der Waals surface area contributed by atoms with E-state index in [1.165, 1.54) is 18.4 Å². The van der Waals surface area contributed by atoms with E-state index < -0.39 is 18.0 Å². The molecule has 0 aliphatic carbocycles. The second-order valence-electron chi connectivity index (χ2n) is 8.62. The zero-order valence-corrected chi connectivity index (χ0v) is 24.7. The number of carbonyl (C=O) groups excluding carboxylic acids is 2. The minimum absolute atomic E-state index is 0.200. The minimum Gasteiger partial charge on any atom is -0.493 e. The molecule has 11 heteroatoms. The van der Waals surface area contributed by atoms with Gasteiger partial charge in [-0.25, -0.2) is 14.6 Å². The Bertz CT molecular complexity index is 1680. The Labute approximate surface area is 238 Å². The number of rotatable bonds is 5. The van der Waals surface area contributed by atoms with Gasteiger partial charge in [-0.1, -0.05) is 23.5 Å². The summed E-state index contributed by atoms with van der Waals surface area (Å²) in [6.07, 6.45) is 2.55. The lowest BCUT2D eigenvalue weighted by molar-refractivity contribution is -0.139. The highest BCUT2D eigenvalue weighted by Gasteiger charge is 2.34. The monoisotopic (exact) mass is 660 g/mol. The van der Waals surface area contributed by atoms with Crippen molar-refractivity contribution in [1.82, 2.24) is 4.57 Å². The SMILES string of the molecule is CCOC(=O)C1=C(C)N=c2s/c(=C\c3cc(Br)c(C(=O)OC)c(Br)c3)c(=O)n2C1c1ccc2c(c1)OCC2. The van der Waals surface area contributed by atoms with Gasteiger partial charge in [0.2, 0.25) is 0 Å². The Balaban J connectivity index is 1.69. The maximum Gasteiger partial charge on any atom is 0.340 e. The predicted octanol–water partition coefficient (Wildman–Crippen LogP) is 4.04. The third-order valence-electron chi connectivity index (χ3n) is 6.30. The van der Waals surface area contributed by atoms with Crippen molar-refractivity contribution in [3.05, 3.63) is 92.5 Å². The van der Waals surface area contributed by atoms with Crippen LogP contribution >= 0.6 is 43.2 Å². The summed E-state index contributed by atoms with van der Waals surface area (Å²) in [5.74, 6) is -0.251. The number of benzene rings is 2. The maximum absolute atomic E-state index is 13.8. The molecule has 1 atom stereocenters. The maximum atomic E-state index is 13.8. The number of methoxy groups -OCH3 is 1. The van der Waals surface area contributed by atoms with Gasteiger partial charge in [-0.2, -0.15) is 0 Å². The van der Waals surface area contributed by atoms with E-state index in [1.54, 1.807) is 36.6 Å². The summed E-state index contributed by atoms with van der Waals surface area (Å²) < 4.78 is 19.0. The van der Waals surface area contributed by atoms with Gasteiger partial charge in [-0.3, -0.25) is 9.36 Å². The topological polar surface area (TPSA) is 96.2 Å². The van der Waals surface area contributed by atoms with Gasteiger partial charge in [-0.15, -0.1) is 0 Å². The van der Waals surface area contributed by atoms with Crippen LogP contribution in [0.1, 0.15) is 46.9 Å². The average molecular weight is 662 g/mol. The molecular weight excluding hydrogens is 640 g/mol. The van der Waals surface area contributed by atoms with Crippen LogP contribution in [0, 0.1) is 0 Å². The third-order valence-corrected chi connectivity index (χ3v) is 8.54. The lowest BCUT2D eigenvalue weighted by Gasteiger charge is -2.25. The summed E-state index contributed by atoms with van der Waals surface area (Å²) in [7, 11) is 1.31. The average Bonchev–Trinajstić information content (AvgIpc) is 3.46. The Kier molecular flexibility index (Phi) is 7.43. The van der Waals surface area contributed by atoms with Crippen LogP contribution < -0.4 is 19.6 Å². The van der Waals surface area contributed by atoms with Crippen LogP contribution in [0.15, 0.2) is 60.3 Å². The van der Waals surface area contributed by atoms with Crippen molar-refractivity contribution in [3.63, 3.8) is 0 Å². The molecule has 0 saturated heterocycles. The molecule has 1 aromatic heterocycles. The highest BCUT2D eigenvalue weighted by Crippen LogP contribution is 2.35. The Morgan fingerprint density at radius 3 is 2.63 bits per heavy atom. The molecular formula is C27H22Br2N2O6S. The fraction of sp³-hybridized carbons (Fsp3) is 0.259. The molecule has 0 N–H and O–H groups in total. The van der Waals surface area contributed by atoms with Crippen LogP contribution in [0.2, 0.25) is 0 Å². The molecule has 3 aromatic rings. The summed E-state index contributed by atoms with van der Waals surface area (Å²) in [6.45, 7) is 4.29. The molecule has 0 spiro atoms. The van der Waals surface area contributed by atoms with Gasteiger partial charge in [0.1, 0.15) is 5.75 Å². The molecule has 0 radical (unpaired) electrons. The van der Waals surface area contributed by atoms with Crippen molar-refractivity contribution < 1.29 is 23.8 Å². The number of nitrogens with zero attached hydrogens (tertiary/aromatic N) is 2. The molecule has 0 saturated carbocycles. The fourth-order valence-corrected chi connectivity index (χ4v) is 7.18. The summed E-state index contributed by atoms with van der Waals surface area (Å²) in [4.78, 5) is 44.1. The summed E-state index contributed by atoms with van der Waals surface area (Å²) in [5, 5.41) is 0. The molecule has 38 heavy (non-hydrogen) atoms. The van der Waals surface area contributed by atoms with Gasteiger partial charge in [0, 0.05) is 15.4 Å². The number of ether oxygens (including phenoxy) is 3. The Hall–Kier alpha value is -3.02. The van der Waals surface area contributed by atoms with Crippen molar-refractivity contribution in [2.45, 2.75) is 26.3 Å². The van der Waals surface area contributed by atoms with Crippen LogP contribution in [0.5, 0.6) is 5.75 Å². The van der Waals surface area contributed by atoms with Gasteiger partial charge in [0.15, 0.2) is 4.80 Å². The molecule has 8 nitrogen and oxygen atoms in total. The van der Waals surface area contributed by atoms with Gasteiger partial charge < -0.3 is 14.2 Å². The largest absolute Gasteiger partial charge is 0.493 e. The van der Waals surface area contributed by atoms with E-state index >= 15 is 0 Å². The normalized spacial score (nSPS) is 16.4. The highest BCUT2D eigenvalue weighted by atomic mass is 79.9. The van der Waals surface area contributed by atoms with E-state index in [2.05, 4.69) is 36.9 Å². The zero-order valence-electron chi connectivity index (χ0n) is 20.7. The smallest absolute Gasteiger partial charge is 0.340 e. The first-order valence-corrected chi connectivity index (χ1v) is 14.2. The summed E-state index contributed by atoms with van der Waals surface area (Å²) >= 11 is 8.07. The van der Waals surface area contributed by atoms with Crippen LogP contribution in [0.4, 0.5) is 0 Å². The molecule has 3 heterocycles. The van der Waals surface area contributed by atoms with Crippen LogP contribution in [0.3, 0.4) is 0 Å². The van der Waals surface area contributed by atoms with E-state index in [-0.39, 0.29) is 12.2 Å². The van der Waals surface area contributed by atoms with E-state index in [9.17, 15) is 14.4 Å². The summed E-state index contributed by atoms with van der Waals surface area (Å²) in [6, 6.07) is 8.54. The Morgan fingerprint density at radius 2 is 1.95 bits per heavy atom. The molecule has 0 amide bonds. The Morgan fingerprint density at radius 1 is 1.21 bits per heavy atom. The van der Waals surface area contributed by atoms with Crippen molar-refractivity contribution in [3.8, 4) is 5.75 Å².